The lowest BCUT2D eigenvalue weighted by Gasteiger charge is -2.18. The summed E-state index contributed by atoms with van der Waals surface area (Å²) in [5.74, 6) is -0.745. The maximum Gasteiger partial charge on any atom is 0.230 e. The van der Waals surface area contributed by atoms with E-state index in [4.69, 9.17) is 10.5 Å². The van der Waals surface area contributed by atoms with E-state index in [9.17, 15) is 9.18 Å². The Morgan fingerprint density at radius 3 is 2.58 bits per heavy atom. The average Bonchev–Trinajstić information content (AvgIpc) is 2.58. The Morgan fingerprint density at radius 2 is 2.00 bits per heavy atom. The summed E-state index contributed by atoms with van der Waals surface area (Å²) < 4.78 is 18.8. The molecule has 4 nitrogen and oxygen atoms in total. The van der Waals surface area contributed by atoms with Crippen LogP contribution in [-0.4, -0.2) is 18.1 Å². The molecule has 1 heterocycles. The number of carbonyl (C=O) groups excluding carboxylic acids is 1. The van der Waals surface area contributed by atoms with Crippen LogP contribution < -0.4 is 11.1 Å². The smallest absolute Gasteiger partial charge is 0.230 e. The van der Waals surface area contributed by atoms with Crippen LogP contribution in [0.25, 0.3) is 0 Å². The Hall–Kier alpha value is -1.62. The third-order valence-electron chi connectivity index (χ3n) is 3.82. The molecule has 0 radical (unpaired) electrons. The van der Waals surface area contributed by atoms with Gasteiger partial charge in [0.2, 0.25) is 5.91 Å². The Kier molecular flexibility index (Phi) is 3.75. The van der Waals surface area contributed by atoms with E-state index in [-0.39, 0.29) is 30.0 Å². The molecule has 0 saturated carbocycles. The SMILES string of the molecule is CC1OC(C)C(C(=O)Nc2cc(F)ccc2N)C1C. The molecular formula is C14H19FN2O2. The fraction of sp³-hybridized carbons (Fsp3) is 0.500. The topological polar surface area (TPSA) is 64.3 Å². The second-order valence-corrected chi connectivity index (χ2v) is 5.15. The normalized spacial score (nSPS) is 30.3. The molecule has 19 heavy (non-hydrogen) atoms. The van der Waals surface area contributed by atoms with Gasteiger partial charge in [-0.1, -0.05) is 6.92 Å². The summed E-state index contributed by atoms with van der Waals surface area (Å²) in [7, 11) is 0. The van der Waals surface area contributed by atoms with Gasteiger partial charge in [0.1, 0.15) is 5.82 Å². The van der Waals surface area contributed by atoms with Crippen LogP contribution in [0.3, 0.4) is 0 Å². The number of ether oxygens (including phenoxy) is 1. The Balaban J connectivity index is 2.15. The monoisotopic (exact) mass is 266 g/mol. The van der Waals surface area contributed by atoms with Crippen molar-refractivity contribution in [1.29, 1.82) is 0 Å². The van der Waals surface area contributed by atoms with Crippen LogP contribution in [0.1, 0.15) is 20.8 Å². The molecule has 0 aromatic heterocycles. The summed E-state index contributed by atoms with van der Waals surface area (Å²) in [5.41, 5.74) is 6.38. The first-order valence-electron chi connectivity index (χ1n) is 6.41. The number of carbonyl (C=O) groups is 1. The first kappa shape index (κ1) is 13.8. The van der Waals surface area contributed by atoms with Gasteiger partial charge in [-0.3, -0.25) is 4.79 Å². The number of nitrogens with two attached hydrogens (primary N) is 1. The van der Waals surface area contributed by atoms with Crippen molar-refractivity contribution in [1.82, 2.24) is 0 Å². The summed E-state index contributed by atoms with van der Waals surface area (Å²) in [4.78, 5) is 12.3. The largest absolute Gasteiger partial charge is 0.397 e. The molecule has 1 amide bonds. The minimum absolute atomic E-state index is 0.0376. The second-order valence-electron chi connectivity index (χ2n) is 5.15. The van der Waals surface area contributed by atoms with Gasteiger partial charge in [-0.15, -0.1) is 0 Å². The first-order valence-corrected chi connectivity index (χ1v) is 6.41. The fourth-order valence-electron chi connectivity index (χ4n) is 2.57. The number of rotatable bonds is 2. The zero-order valence-electron chi connectivity index (χ0n) is 11.3. The van der Waals surface area contributed by atoms with Crippen molar-refractivity contribution in [3.05, 3.63) is 24.0 Å². The lowest BCUT2D eigenvalue weighted by Crippen LogP contribution is -2.32. The Morgan fingerprint density at radius 1 is 1.32 bits per heavy atom. The number of nitrogens with one attached hydrogen (secondary N) is 1. The van der Waals surface area contributed by atoms with E-state index in [0.29, 0.717) is 11.4 Å². The molecule has 0 aliphatic carbocycles. The highest BCUT2D eigenvalue weighted by Gasteiger charge is 2.41. The third-order valence-corrected chi connectivity index (χ3v) is 3.82. The number of benzene rings is 1. The van der Waals surface area contributed by atoms with Crippen LogP contribution >= 0.6 is 0 Å². The van der Waals surface area contributed by atoms with Crippen molar-refractivity contribution in [2.75, 3.05) is 11.1 Å². The van der Waals surface area contributed by atoms with E-state index < -0.39 is 5.82 Å². The number of hydrogen-bond donors (Lipinski definition) is 2. The lowest BCUT2D eigenvalue weighted by molar-refractivity contribution is -0.121. The molecule has 1 saturated heterocycles. The van der Waals surface area contributed by atoms with Crippen LogP contribution in [0.4, 0.5) is 15.8 Å². The van der Waals surface area contributed by atoms with Crippen molar-refractivity contribution in [3.63, 3.8) is 0 Å². The van der Waals surface area contributed by atoms with Gasteiger partial charge in [0.05, 0.1) is 29.5 Å². The van der Waals surface area contributed by atoms with Gasteiger partial charge in [-0.2, -0.15) is 0 Å². The molecule has 0 spiro atoms. The van der Waals surface area contributed by atoms with Crippen molar-refractivity contribution < 1.29 is 13.9 Å². The first-order chi connectivity index (χ1) is 8.90. The fourth-order valence-corrected chi connectivity index (χ4v) is 2.57. The molecule has 5 heteroatoms. The van der Waals surface area contributed by atoms with Gasteiger partial charge >= 0.3 is 0 Å². The third kappa shape index (κ3) is 2.71. The highest BCUT2D eigenvalue weighted by Crippen LogP contribution is 2.33. The van der Waals surface area contributed by atoms with Crippen LogP contribution in [0.5, 0.6) is 0 Å². The van der Waals surface area contributed by atoms with Crippen LogP contribution in [-0.2, 0) is 9.53 Å². The zero-order chi connectivity index (χ0) is 14.2. The van der Waals surface area contributed by atoms with Crippen molar-refractivity contribution in [2.24, 2.45) is 11.8 Å². The van der Waals surface area contributed by atoms with Crippen molar-refractivity contribution >= 4 is 17.3 Å². The number of anilines is 2. The maximum absolute atomic E-state index is 13.2. The molecule has 104 valence electrons. The second kappa shape index (κ2) is 5.17. The predicted octanol–water partition coefficient (Wildman–Crippen LogP) is 2.41. The summed E-state index contributed by atoms with van der Waals surface area (Å²) >= 11 is 0. The quantitative estimate of drug-likeness (QED) is 0.808. The zero-order valence-corrected chi connectivity index (χ0v) is 11.3. The molecule has 1 aliphatic heterocycles. The van der Waals surface area contributed by atoms with Gasteiger partial charge in [-0.25, -0.2) is 4.39 Å². The van der Waals surface area contributed by atoms with E-state index in [1.807, 2.05) is 20.8 Å². The van der Waals surface area contributed by atoms with E-state index in [0.717, 1.165) is 0 Å². The number of hydrogen-bond acceptors (Lipinski definition) is 3. The van der Waals surface area contributed by atoms with E-state index in [1.54, 1.807) is 0 Å². The molecule has 1 aliphatic rings. The summed E-state index contributed by atoms with van der Waals surface area (Å²) in [6, 6.07) is 3.92. The van der Waals surface area contributed by atoms with Gasteiger partial charge < -0.3 is 15.8 Å². The molecule has 4 unspecified atom stereocenters. The van der Waals surface area contributed by atoms with Crippen LogP contribution in [0.2, 0.25) is 0 Å². The number of halogens is 1. The highest BCUT2D eigenvalue weighted by atomic mass is 19.1. The van der Waals surface area contributed by atoms with E-state index in [2.05, 4.69) is 5.32 Å². The van der Waals surface area contributed by atoms with E-state index >= 15 is 0 Å². The summed E-state index contributed by atoms with van der Waals surface area (Å²) in [6.45, 7) is 5.80. The molecule has 1 aromatic rings. The molecule has 3 N–H and O–H groups in total. The standard InChI is InChI=1S/C14H19FN2O2/c1-7-8(2)19-9(3)13(7)14(18)17-12-6-10(15)4-5-11(12)16/h4-9,13H,16H2,1-3H3,(H,17,18). The van der Waals surface area contributed by atoms with Crippen LogP contribution in [0.15, 0.2) is 18.2 Å². The minimum atomic E-state index is -0.429. The molecule has 1 fully saturated rings. The molecular weight excluding hydrogens is 247 g/mol. The van der Waals surface area contributed by atoms with Gasteiger partial charge in [0, 0.05) is 0 Å². The average molecular weight is 266 g/mol. The van der Waals surface area contributed by atoms with Gasteiger partial charge in [0.25, 0.3) is 0 Å². The highest BCUT2D eigenvalue weighted by molar-refractivity contribution is 5.96. The Labute approximate surface area is 112 Å². The number of amides is 1. The van der Waals surface area contributed by atoms with Gasteiger partial charge in [0.15, 0.2) is 0 Å². The predicted molar refractivity (Wildman–Crippen MR) is 72.1 cm³/mol. The number of nitrogen functional groups attached to an aromatic ring is 1. The summed E-state index contributed by atoms with van der Waals surface area (Å²) in [6.07, 6.45) is -0.115. The van der Waals surface area contributed by atoms with E-state index in [1.165, 1.54) is 18.2 Å². The lowest BCUT2D eigenvalue weighted by atomic mass is 9.89. The molecule has 1 aromatic carbocycles. The molecule has 2 rings (SSSR count). The van der Waals surface area contributed by atoms with Crippen molar-refractivity contribution in [3.8, 4) is 0 Å². The molecule has 0 bridgehead atoms. The summed E-state index contributed by atoms with van der Waals surface area (Å²) in [5, 5.41) is 2.69. The minimum Gasteiger partial charge on any atom is -0.397 e. The maximum atomic E-state index is 13.2. The Bertz CT molecular complexity index is 492. The van der Waals surface area contributed by atoms with Crippen molar-refractivity contribution in [2.45, 2.75) is 33.0 Å². The molecule has 4 atom stereocenters. The van der Waals surface area contributed by atoms with Crippen LogP contribution in [0, 0.1) is 17.7 Å². The van der Waals surface area contributed by atoms with Gasteiger partial charge in [-0.05, 0) is 38.0 Å².